The Hall–Kier alpha value is -3.13. The number of rotatable bonds is 7. The van der Waals surface area contributed by atoms with Crippen LogP contribution in [0, 0.1) is 10.1 Å². The first-order chi connectivity index (χ1) is 13.6. The van der Waals surface area contributed by atoms with E-state index in [4.69, 9.17) is 4.74 Å². The third-order valence-electron chi connectivity index (χ3n) is 4.83. The van der Waals surface area contributed by atoms with E-state index in [0.717, 1.165) is 37.2 Å². The minimum absolute atomic E-state index is 0.0356. The van der Waals surface area contributed by atoms with Gasteiger partial charge in [0.2, 0.25) is 0 Å². The van der Waals surface area contributed by atoms with Crippen LogP contribution in [0.5, 0.6) is 5.75 Å². The van der Waals surface area contributed by atoms with E-state index < -0.39 is 11.0 Å². The number of ether oxygens (including phenoxy) is 1. The number of methoxy groups -OCH3 is 1. The second-order valence-electron chi connectivity index (χ2n) is 6.68. The standard InChI is InChI=1S/C20H24N4O4/c1-28-18-9-4-6-15(12-18)19(23-10-2-3-11-23)14-21-20(25)22-16-7-5-8-17(13-16)24(26)27/h4-9,12-13,19H,2-3,10-11,14H2,1H3,(H2,21,22,25)/t19-/m1/s1. The number of anilines is 1. The molecule has 1 aliphatic rings. The predicted molar refractivity (Wildman–Crippen MR) is 107 cm³/mol. The van der Waals surface area contributed by atoms with Crippen LogP contribution in [-0.2, 0) is 0 Å². The highest BCUT2D eigenvalue weighted by atomic mass is 16.6. The van der Waals surface area contributed by atoms with Crippen molar-refractivity contribution in [2.45, 2.75) is 18.9 Å². The van der Waals surface area contributed by atoms with E-state index >= 15 is 0 Å². The van der Waals surface area contributed by atoms with Gasteiger partial charge in [-0.1, -0.05) is 18.2 Å². The van der Waals surface area contributed by atoms with Crippen LogP contribution in [0.2, 0.25) is 0 Å². The highest BCUT2D eigenvalue weighted by molar-refractivity contribution is 5.89. The number of nitrogens with zero attached hydrogens (tertiary/aromatic N) is 2. The largest absolute Gasteiger partial charge is 0.497 e. The molecule has 148 valence electrons. The summed E-state index contributed by atoms with van der Waals surface area (Å²) >= 11 is 0. The molecule has 8 nitrogen and oxygen atoms in total. The summed E-state index contributed by atoms with van der Waals surface area (Å²) in [5, 5.41) is 16.4. The molecular weight excluding hydrogens is 360 g/mol. The van der Waals surface area contributed by atoms with Gasteiger partial charge in [-0.05, 0) is 49.7 Å². The molecule has 1 atom stereocenters. The van der Waals surface area contributed by atoms with Gasteiger partial charge in [0.05, 0.1) is 18.1 Å². The smallest absolute Gasteiger partial charge is 0.319 e. The summed E-state index contributed by atoms with van der Waals surface area (Å²) in [4.78, 5) is 25.1. The molecule has 1 saturated heterocycles. The van der Waals surface area contributed by atoms with Crippen LogP contribution in [0.3, 0.4) is 0 Å². The van der Waals surface area contributed by atoms with Crippen molar-refractivity contribution in [2.75, 3.05) is 32.1 Å². The lowest BCUT2D eigenvalue weighted by atomic mass is 10.1. The number of likely N-dealkylation sites (tertiary alicyclic amines) is 1. The van der Waals surface area contributed by atoms with E-state index in [1.165, 1.54) is 18.2 Å². The number of non-ortho nitro benzene ring substituents is 1. The van der Waals surface area contributed by atoms with Gasteiger partial charge in [0.15, 0.2) is 0 Å². The lowest BCUT2D eigenvalue weighted by molar-refractivity contribution is -0.384. The van der Waals surface area contributed by atoms with E-state index in [1.807, 2.05) is 24.3 Å². The Bertz CT molecular complexity index is 836. The maximum atomic E-state index is 12.3. The van der Waals surface area contributed by atoms with Gasteiger partial charge in [-0.2, -0.15) is 0 Å². The predicted octanol–water partition coefficient (Wildman–Crippen LogP) is 3.56. The fourth-order valence-electron chi connectivity index (χ4n) is 3.42. The van der Waals surface area contributed by atoms with E-state index in [0.29, 0.717) is 12.2 Å². The molecule has 0 unspecified atom stereocenters. The van der Waals surface area contributed by atoms with Crippen molar-refractivity contribution in [3.63, 3.8) is 0 Å². The van der Waals surface area contributed by atoms with Crippen LogP contribution in [0.4, 0.5) is 16.2 Å². The zero-order chi connectivity index (χ0) is 19.9. The highest BCUT2D eigenvalue weighted by Gasteiger charge is 2.24. The lowest BCUT2D eigenvalue weighted by Crippen LogP contribution is -2.38. The average molecular weight is 384 g/mol. The molecule has 3 rings (SSSR count). The minimum atomic E-state index is -0.491. The Morgan fingerprint density at radius 1 is 1.21 bits per heavy atom. The van der Waals surface area contributed by atoms with Crippen molar-refractivity contribution in [2.24, 2.45) is 0 Å². The van der Waals surface area contributed by atoms with Gasteiger partial charge in [0.25, 0.3) is 5.69 Å². The number of hydrogen-bond donors (Lipinski definition) is 2. The molecule has 1 fully saturated rings. The Morgan fingerprint density at radius 2 is 1.96 bits per heavy atom. The number of hydrogen-bond acceptors (Lipinski definition) is 5. The van der Waals surface area contributed by atoms with Crippen LogP contribution >= 0.6 is 0 Å². The molecule has 0 aliphatic carbocycles. The Labute approximate surface area is 163 Å². The number of nitrogens with one attached hydrogen (secondary N) is 2. The van der Waals surface area contributed by atoms with E-state index in [1.54, 1.807) is 13.2 Å². The zero-order valence-corrected chi connectivity index (χ0v) is 15.8. The second-order valence-corrected chi connectivity index (χ2v) is 6.68. The minimum Gasteiger partial charge on any atom is -0.497 e. The molecule has 1 heterocycles. The van der Waals surface area contributed by atoms with Crippen LogP contribution in [0.15, 0.2) is 48.5 Å². The van der Waals surface area contributed by atoms with Gasteiger partial charge < -0.3 is 15.4 Å². The maximum absolute atomic E-state index is 12.3. The maximum Gasteiger partial charge on any atom is 0.319 e. The quantitative estimate of drug-likeness (QED) is 0.562. The summed E-state index contributed by atoms with van der Waals surface area (Å²) in [6.07, 6.45) is 2.28. The summed E-state index contributed by atoms with van der Waals surface area (Å²) in [7, 11) is 1.63. The number of amides is 2. The molecule has 0 radical (unpaired) electrons. The molecule has 0 saturated carbocycles. The van der Waals surface area contributed by atoms with Gasteiger partial charge in [-0.15, -0.1) is 0 Å². The number of urea groups is 1. The molecule has 0 spiro atoms. The van der Waals surface area contributed by atoms with Crippen molar-refractivity contribution in [1.29, 1.82) is 0 Å². The van der Waals surface area contributed by atoms with Gasteiger partial charge in [-0.3, -0.25) is 15.0 Å². The number of benzene rings is 2. The van der Waals surface area contributed by atoms with Crippen LogP contribution in [0.25, 0.3) is 0 Å². The molecule has 2 N–H and O–H groups in total. The SMILES string of the molecule is COc1cccc([C@@H](CNC(=O)Nc2cccc([N+](=O)[O-])c2)N2CCCC2)c1. The Morgan fingerprint density at radius 3 is 2.68 bits per heavy atom. The lowest BCUT2D eigenvalue weighted by Gasteiger charge is -2.28. The van der Waals surface area contributed by atoms with Gasteiger partial charge >= 0.3 is 6.03 Å². The fourth-order valence-corrected chi connectivity index (χ4v) is 3.42. The van der Waals surface area contributed by atoms with Crippen LogP contribution in [0.1, 0.15) is 24.4 Å². The van der Waals surface area contributed by atoms with Crippen LogP contribution < -0.4 is 15.4 Å². The highest BCUT2D eigenvalue weighted by Crippen LogP contribution is 2.27. The summed E-state index contributed by atoms with van der Waals surface area (Å²) < 4.78 is 5.33. The van der Waals surface area contributed by atoms with Gasteiger partial charge in [-0.25, -0.2) is 4.79 Å². The normalized spacial score (nSPS) is 15.0. The third-order valence-corrected chi connectivity index (χ3v) is 4.83. The van der Waals surface area contributed by atoms with Gasteiger partial charge in [0.1, 0.15) is 5.75 Å². The fraction of sp³-hybridized carbons (Fsp3) is 0.350. The van der Waals surface area contributed by atoms with E-state index in [9.17, 15) is 14.9 Å². The van der Waals surface area contributed by atoms with Crippen molar-refractivity contribution in [1.82, 2.24) is 10.2 Å². The summed E-state index contributed by atoms with van der Waals surface area (Å²) in [6, 6.07) is 13.4. The number of nitro benzene ring substituents is 1. The first-order valence-corrected chi connectivity index (χ1v) is 9.24. The zero-order valence-electron chi connectivity index (χ0n) is 15.8. The van der Waals surface area contributed by atoms with Crippen molar-refractivity contribution < 1.29 is 14.5 Å². The average Bonchev–Trinajstić information content (AvgIpc) is 3.23. The van der Waals surface area contributed by atoms with Crippen molar-refractivity contribution in [3.8, 4) is 5.75 Å². The topological polar surface area (TPSA) is 96.7 Å². The van der Waals surface area contributed by atoms with Crippen molar-refractivity contribution in [3.05, 3.63) is 64.2 Å². The number of carbonyl (C=O) groups excluding carboxylic acids is 1. The molecule has 2 aromatic rings. The summed E-state index contributed by atoms with van der Waals surface area (Å²) in [6.45, 7) is 2.39. The summed E-state index contributed by atoms with van der Waals surface area (Å²) in [5.41, 5.74) is 1.40. The molecule has 0 aromatic heterocycles. The van der Waals surface area contributed by atoms with Crippen molar-refractivity contribution >= 4 is 17.4 Å². The number of nitro groups is 1. The molecule has 2 amide bonds. The van der Waals surface area contributed by atoms with E-state index in [2.05, 4.69) is 15.5 Å². The molecular formula is C20H24N4O4. The molecule has 28 heavy (non-hydrogen) atoms. The molecule has 0 bridgehead atoms. The second kappa shape index (κ2) is 9.18. The summed E-state index contributed by atoms with van der Waals surface area (Å²) in [5.74, 6) is 0.780. The Kier molecular flexibility index (Phi) is 6.44. The molecule has 2 aromatic carbocycles. The monoisotopic (exact) mass is 384 g/mol. The number of carbonyl (C=O) groups is 1. The third kappa shape index (κ3) is 4.98. The molecule has 1 aliphatic heterocycles. The molecule has 8 heteroatoms. The van der Waals surface area contributed by atoms with E-state index in [-0.39, 0.29) is 11.7 Å². The van der Waals surface area contributed by atoms with Crippen LogP contribution in [-0.4, -0.2) is 42.6 Å². The first kappa shape index (κ1) is 19.6. The first-order valence-electron chi connectivity index (χ1n) is 9.24. The van der Waals surface area contributed by atoms with Gasteiger partial charge in [0, 0.05) is 24.4 Å². The Balaban J connectivity index is 1.66.